The molecule has 0 aliphatic heterocycles. The van der Waals surface area contributed by atoms with Crippen LogP contribution in [0.2, 0.25) is 0 Å². The van der Waals surface area contributed by atoms with E-state index in [9.17, 15) is 22.4 Å². The highest BCUT2D eigenvalue weighted by atomic mass is 32.2. The number of halogens is 1. The van der Waals surface area contributed by atoms with E-state index in [1.807, 2.05) is 20.8 Å². The molecule has 0 unspecified atom stereocenters. The van der Waals surface area contributed by atoms with Crippen LogP contribution in [0.3, 0.4) is 0 Å². The van der Waals surface area contributed by atoms with Gasteiger partial charge in [-0.2, -0.15) is 0 Å². The van der Waals surface area contributed by atoms with Crippen molar-refractivity contribution < 1.29 is 27.1 Å². The zero-order valence-corrected chi connectivity index (χ0v) is 23.6. The number of ether oxygens (including phenoxy) is 1. The van der Waals surface area contributed by atoms with E-state index in [0.29, 0.717) is 36.6 Å². The van der Waals surface area contributed by atoms with E-state index in [1.54, 1.807) is 36.4 Å². The van der Waals surface area contributed by atoms with Gasteiger partial charge in [0, 0.05) is 26.1 Å². The Hall–Kier alpha value is -3.14. The number of hydrogen-bond acceptors (Lipinski definition) is 5. The molecule has 0 aliphatic rings. The summed E-state index contributed by atoms with van der Waals surface area (Å²) in [5.41, 5.74) is 1.18. The van der Waals surface area contributed by atoms with Crippen molar-refractivity contribution in [3.05, 3.63) is 59.9 Å². The van der Waals surface area contributed by atoms with E-state index in [0.717, 1.165) is 19.1 Å². The number of rotatable bonds is 16. The number of carbonyl (C=O) groups excluding carboxylic acids is 2. The van der Waals surface area contributed by atoms with Crippen LogP contribution in [0.25, 0.3) is 0 Å². The lowest BCUT2D eigenvalue weighted by Gasteiger charge is -2.31. The first-order valence-electron chi connectivity index (χ1n) is 13.1. The van der Waals surface area contributed by atoms with E-state index in [2.05, 4.69) is 5.32 Å². The van der Waals surface area contributed by atoms with E-state index < -0.39 is 16.1 Å². The summed E-state index contributed by atoms with van der Waals surface area (Å²) in [5.74, 6) is -0.249. The number of carbonyl (C=O) groups is 2. The van der Waals surface area contributed by atoms with E-state index >= 15 is 0 Å². The van der Waals surface area contributed by atoms with Gasteiger partial charge in [-0.05, 0) is 68.1 Å². The lowest BCUT2D eigenvalue weighted by Crippen LogP contribution is -2.49. The highest BCUT2D eigenvalue weighted by Gasteiger charge is 2.28. The molecule has 38 heavy (non-hydrogen) atoms. The maximum absolute atomic E-state index is 13.4. The second-order valence-electron chi connectivity index (χ2n) is 9.08. The summed E-state index contributed by atoms with van der Waals surface area (Å²) in [6, 6.07) is 11.9. The summed E-state index contributed by atoms with van der Waals surface area (Å²) in [6.45, 7) is 7.01. The van der Waals surface area contributed by atoms with Crippen molar-refractivity contribution in [1.82, 2.24) is 10.2 Å². The van der Waals surface area contributed by atoms with Crippen LogP contribution in [0.1, 0.15) is 58.4 Å². The van der Waals surface area contributed by atoms with Crippen molar-refractivity contribution in [3.63, 3.8) is 0 Å². The molecule has 10 heteroatoms. The average Bonchev–Trinajstić information content (AvgIpc) is 2.88. The zero-order chi connectivity index (χ0) is 28.1. The third-order valence-corrected chi connectivity index (χ3v) is 7.26. The number of hydrogen-bond donors (Lipinski definition) is 1. The Kier molecular flexibility index (Phi) is 12.5. The highest BCUT2D eigenvalue weighted by Crippen LogP contribution is 2.23. The van der Waals surface area contributed by atoms with Crippen LogP contribution in [0.15, 0.2) is 48.5 Å². The molecule has 2 rings (SSSR count). The monoisotopic (exact) mass is 549 g/mol. The normalized spacial score (nSPS) is 12.0. The van der Waals surface area contributed by atoms with Gasteiger partial charge in [0.05, 0.1) is 18.6 Å². The van der Waals surface area contributed by atoms with Crippen LogP contribution in [-0.2, 0) is 26.2 Å². The number of sulfonamides is 1. The van der Waals surface area contributed by atoms with Gasteiger partial charge in [0.15, 0.2) is 0 Å². The Morgan fingerprint density at radius 1 is 1.00 bits per heavy atom. The molecule has 0 fully saturated rings. The largest absolute Gasteiger partial charge is 0.494 e. The molecular formula is C28H40FN3O5S. The topological polar surface area (TPSA) is 96.0 Å². The fourth-order valence-corrected chi connectivity index (χ4v) is 5.06. The van der Waals surface area contributed by atoms with Crippen LogP contribution in [-0.4, -0.2) is 57.1 Å². The molecule has 2 aromatic rings. The summed E-state index contributed by atoms with van der Waals surface area (Å²) in [5, 5.41) is 2.90. The van der Waals surface area contributed by atoms with E-state index in [-0.39, 0.29) is 43.6 Å². The van der Waals surface area contributed by atoms with Gasteiger partial charge in [-0.1, -0.05) is 32.4 Å². The smallest absolute Gasteiger partial charge is 0.242 e. The van der Waals surface area contributed by atoms with Gasteiger partial charge in [-0.25, -0.2) is 12.8 Å². The number of anilines is 1. The van der Waals surface area contributed by atoms with Crippen molar-refractivity contribution in [3.8, 4) is 5.75 Å². The lowest BCUT2D eigenvalue weighted by molar-refractivity contribution is -0.141. The maximum atomic E-state index is 13.4. The molecular weight excluding hydrogens is 509 g/mol. The number of nitrogens with one attached hydrogen (secondary N) is 1. The minimum atomic E-state index is -3.59. The van der Waals surface area contributed by atoms with Crippen molar-refractivity contribution in [1.29, 1.82) is 0 Å². The molecule has 210 valence electrons. The molecule has 0 aromatic heterocycles. The lowest BCUT2D eigenvalue weighted by atomic mass is 10.1. The minimum absolute atomic E-state index is 0.0446. The fourth-order valence-electron chi connectivity index (χ4n) is 4.09. The second kappa shape index (κ2) is 15.3. The zero-order valence-electron chi connectivity index (χ0n) is 22.8. The Morgan fingerprint density at radius 3 is 2.21 bits per heavy atom. The fraction of sp³-hybridized carbons (Fsp3) is 0.500. The van der Waals surface area contributed by atoms with Crippen molar-refractivity contribution in [2.45, 2.75) is 65.5 Å². The molecule has 0 radical (unpaired) electrons. The summed E-state index contributed by atoms with van der Waals surface area (Å²) in [6.07, 6.45) is 3.60. The predicted octanol–water partition coefficient (Wildman–Crippen LogP) is 4.49. The van der Waals surface area contributed by atoms with Gasteiger partial charge in [-0.3, -0.25) is 13.9 Å². The summed E-state index contributed by atoms with van der Waals surface area (Å²) >= 11 is 0. The summed E-state index contributed by atoms with van der Waals surface area (Å²) in [7, 11) is -3.59. The van der Waals surface area contributed by atoms with Crippen molar-refractivity contribution in [2.24, 2.45) is 0 Å². The SMILES string of the molecule is CCCCNC(=O)[C@H](CC)N(Cc1ccc(F)cc1)C(=O)CCCN(c1ccc(OCC)cc1)S(C)(=O)=O. The van der Waals surface area contributed by atoms with Crippen molar-refractivity contribution >= 4 is 27.5 Å². The van der Waals surface area contributed by atoms with Gasteiger partial charge in [-0.15, -0.1) is 0 Å². The quantitative estimate of drug-likeness (QED) is 0.311. The maximum Gasteiger partial charge on any atom is 0.242 e. The number of unbranched alkanes of at least 4 members (excludes halogenated alkanes) is 1. The molecule has 0 saturated carbocycles. The number of benzene rings is 2. The van der Waals surface area contributed by atoms with Crippen LogP contribution >= 0.6 is 0 Å². The van der Waals surface area contributed by atoms with Gasteiger partial charge < -0.3 is 15.0 Å². The first-order chi connectivity index (χ1) is 18.1. The van der Waals surface area contributed by atoms with Gasteiger partial charge >= 0.3 is 0 Å². The molecule has 1 N–H and O–H groups in total. The Labute approximate surface area is 226 Å². The second-order valence-corrected chi connectivity index (χ2v) is 11.0. The molecule has 2 amide bonds. The van der Waals surface area contributed by atoms with Gasteiger partial charge in [0.2, 0.25) is 21.8 Å². The Bertz CT molecular complexity index is 1120. The first-order valence-corrected chi connectivity index (χ1v) is 15.0. The minimum Gasteiger partial charge on any atom is -0.494 e. The molecule has 2 aromatic carbocycles. The number of nitrogens with zero attached hydrogens (tertiary/aromatic N) is 2. The van der Waals surface area contributed by atoms with E-state index in [4.69, 9.17) is 4.74 Å². The third kappa shape index (κ3) is 9.63. The highest BCUT2D eigenvalue weighted by molar-refractivity contribution is 7.92. The van der Waals surface area contributed by atoms with Gasteiger partial charge in [0.25, 0.3) is 0 Å². The first kappa shape index (κ1) is 31.1. The third-order valence-electron chi connectivity index (χ3n) is 6.07. The Balaban J connectivity index is 2.17. The molecule has 0 spiro atoms. The predicted molar refractivity (Wildman–Crippen MR) is 148 cm³/mol. The molecule has 1 atom stereocenters. The van der Waals surface area contributed by atoms with Gasteiger partial charge in [0.1, 0.15) is 17.6 Å². The van der Waals surface area contributed by atoms with Crippen molar-refractivity contribution in [2.75, 3.05) is 30.3 Å². The summed E-state index contributed by atoms with van der Waals surface area (Å²) in [4.78, 5) is 27.9. The average molecular weight is 550 g/mol. The van der Waals surface area contributed by atoms with Crippen LogP contribution in [0.5, 0.6) is 5.75 Å². The number of amides is 2. The van der Waals surface area contributed by atoms with Crippen LogP contribution in [0, 0.1) is 5.82 Å². The van der Waals surface area contributed by atoms with E-state index in [1.165, 1.54) is 21.3 Å². The molecule has 0 aliphatic carbocycles. The standard InChI is InChI=1S/C28H40FN3O5S/c1-5-8-19-30-28(34)26(6-2)31(21-22-11-13-23(29)14-12-22)27(33)10-9-20-32(38(4,35)36)24-15-17-25(18-16-24)37-7-3/h11-18,26H,5-10,19-21H2,1-4H3,(H,30,34)/t26-/m0/s1. The summed E-state index contributed by atoms with van der Waals surface area (Å²) < 4.78 is 45.1. The molecule has 8 nitrogen and oxygen atoms in total. The molecule has 0 saturated heterocycles. The van der Waals surface area contributed by atoms with Crippen LogP contribution < -0.4 is 14.4 Å². The molecule has 0 bridgehead atoms. The molecule has 0 heterocycles. The van der Waals surface area contributed by atoms with Crippen LogP contribution in [0.4, 0.5) is 10.1 Å². The Morgan fingerprint density at radius 2 is 1.66 bits per heavy atom.